The van der Waals surface area contributed by atoms with Crippen LogP contribution in [-0.2, 0) is 0 Å². The van der Waals surface area contributed by atoms with Crippen molar-refractivity contribution in [3.05, 3.63) is 67.0 Å². The molecule has 0 atom stereocenters. The highest BCUT2D eigenvalue weighted by Gasteiger charge is 2.09. The van der Waals surface area contributed by atoms with E-state index in [2.05, 4.69) is 39.2 Å². The molecule has 0 bridgehead atoms. The van der Waals surface area contributed by atoms with Gasteiger partial charge in [0, 0.05) is 30.1 Å². The number of hydrogen-bond donors (Lipinski definition) is 1. The molecule has 0 aliphatic heterocycles. The third-order valence-electron chi connectivity index (χ3n) is 3.66. The number of methoxy groups -OCH3 is 1. The number of aromatic nitrogens is 2. The second-order valence-electron chi connectivity index (χ2n) is 5.20. The van der Waals surface area contributed by atoms with E-state index in [1.165, 1.54) is 0 Å². The average molecular weight is 320 g/mol. The maximum atomic E-state index is 5.25. The lowest BCUT2D eigenvalue weighted by Crippen LogP contribution is -2.17. The van der Waals surface area contributed by atoms with Gasteiger partial charge >= 0.3 is 0 Å². The molecule has 0 spiro atoms. The molecular weight excluding hydrogens is 300 g/mol. The number of nitrogens with one attached hydrogen (secondary N) is 1. The molecule has 5 heteroatoms. The lowest BCUT2D eigenvalue weighted by atomic mass is 10.2. The summed E-state index contributed by atoms with van der Waals surface area (Å²) in [5, 5.41) is 3.29. The predicted molar refractivity (Wildman–Crippen MR) is 97.4 cm³/mol. The molecule has 0 unspecified atom stereocenters. The lowest BCUT2D eigenvalue weighted by Gasteiger charge is -2.22. The van der Waals surface area contributed by atoms with Crippen LogP contribution in [-0.4, -0.2) is 23.6 Å². The third-order valence-corrected chi connectivity index (χ3v) is 3.66. The number of rotatable bonds is 6. The molecule has 0 aliphatic rings. The molecule has 1 aromatic heterocycles. The topological polar surface area (TPSA) is 50.3 Å². The van der Waals surface area contributed by atoms with Crippen LogP contribution >= 0.6 is 0 Å². The van der Waals surface area contributed by atoms with Crippen molar-refractivity contribution in [1.29, 1.82) is 0 Å². The minimum Gasteiger partial charge on any atom is -0.497 e. The van der Waals surface area contributed by atoms with Gasteiger partial charge < -0.3 is 15.0 Å². The van der Waals surface area contributed by atoms with Gasteiger partial charge in [-0.25, -0.2) is 9.97 Å². The Labute approximate surface area is 142 Å². The van der Waals surface area contributed by atoms with Crippen LogP contribution in [0.25, 0.3) is 0 Å². The van der Waals surface area contributed by atoms with Crippen molar-refractivity contribution in [2.24, 2.45) is 0 Å². The van der Waals surface area contributed by atoms with Crippen LogP contribution in [0.2, 0.25) is 0 Å². The lowest BCUT2D eigenvalue weighted by molar-refractivity contribution is 0.415. The van der Waals surface area contributed by atoms with Gasteiger partial charge in [0.15, 0.2) is 0 Å². The van der Waals surface area contributed by atoms with Crippen molar-refractivity contribution in [3.63, 3.8) is 0 Å². The van der Waals surface area contributed by atoms with E-state index < -0.39 is 0 Å². The molecule has 1 N–H and O–H groups in total. The van der Waals surface area contributed by atoms with E-state index in [0.29, 0.717) is 0 Å². The zero-order chi connectivity index (χ0) is 16.8. The molecule has 0 amide bonds. The molecular formula is C19H20N4O. The maximum absolute atomic E-state index is 5.25. The quantitative estimate of drug-likeness (QED) is 0.730. The van der Waals surface area contributed by atoms with Crippen LogP contribution in [0.5, 0.6) is 5.75 Å². The van der Waals surface area contributed by atoms with Crippen LogP contribution in [0.1, 0.15) is 6.92 Å². The summed E-state index contributed by atoms with van der Waals surface area (Å²) in [4.78, 5) is 10.9. The van der Waals surface area contributed by atoms with Gasteiger partial charge in [0.1, 0.15) is 23.7 Å². The molecule has 3 aromatic rings. The molecule has 5 nitrogen and oxygen atoms in total. The number of nitrogens with zero attached hydrogens (tertiary/aromatic N) is 3. The number of ether oxygens (including phenoxy) is 1. The van der Waals surface area contributed by atoms with Crippen molar-refractivity contribution in [1.82, 2.24) is 9.97 Å². The molecule has 2 aromatic carbocycles. The van der Waals surface area contributed by atoms with Crippen molar-refractivity contribution in [3.8, 4) is 5.75 Å². The number of para-hydroxylation sites is 1. The van der Waals surface area contributed by atoms with Crippen LogP contribution in [0.3, 0.4) is 0 Å². The fourth-order valence-corrected chi connectivity index (χ4v) is 2.50. The van der Waals surface area contributed by atoms with Crippen LogP contribution < -0.4 is 15.0 Å². The highest BCUT2D eigenvalue weighted by atomic mass is 16.5. The molecule has 1 heterocycles. The fraction of sp³-hybridized carbons (Fsp3) is 0.158. The number of benzene rings is 2. The summed E-state index contributed by atoms with van der Waals surface area (Å²) in [7, 11) is 1.65. The average Bonchev–Trinajstić information content (AvgIpc) is 2.64. The SMILES string of the molecule is CCN(c1ccccc1)c1cc(Nc2cccc(OC)c2)ncn1. The normalized spacial score (nSPS) is 10.2. The van der Waals surface area contributed by atoms with Gasteiger partial charge in [0.2, 0.25) is 0 Å². The van der Waals surface area contributed by atoms with Gasteiger partial charge in [-0.3, -0.25) is 0 Å². The van der Waals surface area contributed by atoms with Gasteiger partial charge in [0.25, 0.3) is 0 Å². The number of anilines is 4. The Morgan fingerprint density at radius 1 is 1.00 bits per heavy atom. The van der Waals surface area contributed by atoms with Crippen molar-refractivity contribution >= 4 is 23.0 Å². The Kier molecular flexibility index (Phi) is 4.91. The van der Waals surface area contributed by atoms with Gasteiger partial charge in [0.05, 0.1) is 7.11 Å². The second kappa shape index (κ2) is 7.46. The Bertz CT molecular complexity index is 792. The van der Waals surface area contributed by atoms with Crippen molar-refractivity contribution in [2.75, 3.05) is 23.9 Å². The Balaban J connectivity index is 1.85. The molecule has 3 rings (SSSR count). The third kappa shape index (κ3) is 3.63. The van der Waals surface area contributed by atoms with Crippen LogP contribution in [0.4, 0.5) is 23.0 Å². The molecule has 24 heavy (non-hydrogen) atoms. The Hall–Kier alpha value is -3.08. The highest BCUT2D eigenvalue weighted by Crippen LogP contribution is 2.26. The highest BCUT2D eigenvalue weighted by molar-refractivity contribution is 5.65. The van der Waals surface area contributed by atoms with Gasteiger partial charge in [-0.1, -0.05) is 24.3 Å². The first kappa shape index (κ1) is 15.8. The zero-order valence-corrected chi connectivity index (χ0v) is 13.8. The van der Waals surface area contributed by atoms with Crippen molar-refractivity contribution < 1.29 is 4.74 Å². The van der Waals surface area contributed by atoms with E-state index in [0.717, 1.165) is 35.3 Å². The first-order chi connectivity index (χ1) is 11.8. The smallest absolute Gasteiger partial charge is 0.138 e. The van der Waals surface area contributed by atoms with E-state index >= 15 is 0 Å². The van der Waals surface area contributed by atoms with Gasteiger partial charge in [-0.2, -0.15) is 0 Å². The fourth-order valence-electron chi connectivity index (χ4n) is 2.50. The minimum atomic E-state index is 0.739. The minimum absolute atomic E-state index is 0.739. The van der Waals surface area contributed by atoms with Crippen molar-refractivity contribution in [2.45, 2.75) is 6.92 Å². The summed E-state index contributed by atoms with van der Waals surface area (Å²) in [6.07, 6.45) is 1.57. The monoisotopic (exact) mass is 320 g/mol. The summed E-state index contributed by atoms with van der Waals surface area (Å²) < 4.78 is 5.25. The second-order valence-corrected chi connectivity index (χ2v) is 5.20. The summed E-state index contributed by atoms with van der Waals surface area (Å²) in [5.74, 6) is 2.39. The van der Waals surface area contributed by atoms with E-state index in [1.807, 2.05) is 48.5 Å². The summed E-state index contributed by atoms with van der Waals surface area (Å²) in [6, 6.07) is 19.9. The van der Waals surface area contributed by atoms with E-state index in [-0.39, 0.29) is 0 Å². The maximum Gasteiger partial charge on any atom is 0.138 e. The Morgan fingerprint density at radius 2 is 1.83 bits per heavy atom. The Morgan fingerprint density at radius 3 is 2.58 bits per heavy atom. The van der Waals surface area contributed by atoms with E-state index in [1.54, 1.807) is 13.4 Å². The van der Waals surface area contributed by atoms with Gasteiger partial charge in [-0.15, -0.1) is 0 Å². The molecule has 122 valence electrons. The first-order valence-electron chi connectivity index (χ1n) is 7.86. The van der Waals surface area contributed by atoms with Crippen LogP contribution in [0, 0.1) is 0 Å². The summed E-state index contributed by atoms with van der Waals surface area (Å²) in [6.45, 7) is 2.92. The summed E-state index contributed by atoms with van der Waals surface area (Å²) >= 11 is 0. The molecule has 0 radical (unpaired) electrons. The molecule has 0 fully saturated rings. The first-order valence-corrected chi connectivity index (χ1v) is 7.86. The molecule has 0 saturated heterocycles. The molecule has 0 saturated carbocycles. The van der Waals surface area contributed by atoms with Gasteiger partial charge in [-0.05, 0) is 31.2 Å². The summed E-state index contributed by atoms with van der Waals surface area (Å²) in [5.41, 5.74) is 2.02. The zero-order valence-electron chi connectivity index (χ0n) is 13.8. The number of hydrogen-bond acceptors (Lipinski definition) is 5. The van der Waals surface area contributed by atoms with E-state index in [4.69, 9.17) is 4.74 Å². The molecule has 0 aliphatic carbocycles. The van der Waals surface area contributed by atoms with E-state index in [9.17, 15) is 0 Å². The standard InChI is InChI=1S/C19H20N4O/c1-3-23(16-9-5-4-6-10-16)19-13-18(20-14-21-19)22-15-8-7-11-17(12-15)24-2/h4-14H,3H2,1-2H3,(H,20,21,22). The van der Waals surface area contributed by atoms with Crippen LogP contribution in [0.15, 0.2) is 67.0 Å². The predicted octanol–water partition coefficient (Wildman–Crippen LogP) is 4.39. The largest absolute Gasteiger partial charge is 0.497 e.